The Morgan fingerprint density at radius 1 is 1.57 bits per heavy atom. The van der Waals surface area contributed by atoms with Gasteiger partial charge in [0.2, 0.25) is 0 Å². The normalized spacial score (nSPS) is 18.1. The Morgan fingerprint density at radius 2 is 2.29 bits per heavy atom. The largest absolute Gasteiger partial charge is 0.501 e. The zero-order chi connectivity index (χ0) is 10.6. The molecule has 0 aromatic carbocycles. The third-order valence-corrected chi connectivity index (χ3v) is 1.79. The van der Waals surface area contributed by atoms with Crippen molar-refractivity contribution in [2.24, 2.45) is 0 Å². The lowest BCUT2D eigenvalue weighted by Crippen LogP contribution is -2.16. The highest BCUT2D eigenvalue weighted by atomic mass is 19.4. The third kappa shape index (κ3) is 2.52. The van der Waals surface area contributed by atoms with Gasteiger partial charge in [0.1, 0.15) is 0 Å². The van der Waals surface area contributed by atoms with Crippen LogP contribution in [-0.2, 0) is 4.74 Å². The number of nitrogens with zero attached hydrogens (tertiary/aromatic N) is 1. The summed E-state index contributed by atoms with van der Waals surface area (Å²) in [4.78, 5) is 0. The molecule has 0 aliphatic carbocycles. The van der Waals surface area contributed by atoms with Crippen molar-refractivity contribution in [3.8, 4) is 6.07 Å². The van der Waals surface area contributed by atoms with Crippen LogP contribution in [0.15, 0.2) is 23.5 Å². The van der Waals surface area contributed by atoms with Crippen LogP contribution in [0, 0.1) is 11.3 Å². The predicted octanol–water partition coefficient (Wildman–Crippen LogP) is 2.69. The lowest BCUT2D eigenvalue weighted by molar-refractivity contribution is -0.0900. The van der Waals surface area contributed by atoms with Crippen molar-refractivity contribution < 1.29 is 17.9 Å². The molecule has 0 atom stereocenters. The molecule has 0 fully saturated rings. The van der Waals surface area contributed by atoms with Crippen LogP contribution in [0.1, 0.15) is 12.8 Å². The van der Waals surface area contributed by atoms with E-state index in [1.165, 1.54) is 6.07 Å². The van der Waals surface area contributed by atoms with Crippen LogP contribution in [-0.4, -0.2) is 12.8 Å². The summed E-state index contributed by atoms with van der Waals surface area (Å²) in [6.45, 7) is 0.432. The summed E-state index contributed by atoms with van der Waals surface area (Å²) in [6, 6.07) is 1.39. The minimum atomic E-state index is -4.48. The SMILES string of the molecule is N#CC=C(C1=COCCC1)C(F)(F)F. The van der Waals surface area contributed by atoms with E-state index >= 15 is 0 Å². The number of halogens is 3. The van der Waals surface area contributed by atoms with Gasteiger partial charge in [0.25, 0.3) is 0 Å². The van der Waals surface area contributed by atoms with E-state index in [4.69, 9.17) is 10.00 Å². The molecule has 0 bridgehead atoms. The predicted molar refractivity (Wildman–Crippen MR) is 43.0 cm³/mol. The highest BCUT2D eigenvalue weighted by molar-refractivity contribution is 5.37. The first kappa shape index (κ1) is 10.6. The van der Waals surface area contributed by atoms with Gasteiger partial charge in [-0.1, -0.05) is 0 Å². The molecule has 0 saturated heterocycles. The van der Waals surface area contributed by atoms with Crippen LogP contribution in [0.25, 0.3) is 0 Å². The second-order valence-corrected chi connectivity index (χ2v) is 2.80. The maximum atomic E-state index is 12.4. The molecule has 5 heteroatoms. The van der Waals surface area contributed by atoms with Gasteiger partial charge in [-0.05, 0) is 18.4 Å². The molecule has 14 heavy (non-hydrogen) atoms. The summed E-state index contributed by atoms with van der Waals surface area (Å²) in [7, 11) is 0. The fourth-order valence-electron chi connectivity index (χ4n) is 1.18. The number of hydrogen-bond acceptors (Lipinski definition) is 2. The zero-order valence-corrected chi connectivity index (χ0v) is 7.27. The molecule has 1 rings (SSSR count). The lowest BCUT2D eigenvalue weighted by Gasteiger charge is -2.17. The molecule has 0 radical (unpaired) electrons. The first-order chi connectivity index (χ1) is 6.55. The van der Waals surface area contributed by atoms with Crippen molar-refractivity contribution in [2.75, 3.05) is 6.61 Å². The van der Waals surface area contributed by atoms with Gasteiger partial charge < -0.3 is 4.74 Å². The Morgan fingerprint density at radius 3 is 2.71 bits per heavy atom. The van der Waals surface area contributed by atoms with Crippen molar-refractivity contribution in [3.05, 3.63) is 23.5 Å². The van der Waals surface area contributed by atoms with Crippen molar-refractivity contribution in [3.63, 3.8) is 0 Å². The molecular formula is C9H8F3NO. The molecule has 0 saturated carbocycles. The van der Waals surface area contributed by atoms with Gasteiger partial charge in [-0.25, -0.2) is 0 Å². The van der Waals surface area contributed by atoms with E-state index in [2.05, 4.69) is 0 Å². The fourth-order valence-corrected chi connectivity index (χ4v) is 1.18. The number of hydrogen-bond donors (Lipinski definition) is 0. The highest BCUT2D eigenvalue weighted by Gasteiger charge is 2.36. The van der Waals surface area contributed by atoms with E-state index in [-0.39, 0.29) is 5.57 Å². The summed E-state index contributed by atoms with van der Waals surface area (Å²) in [5.41, 5.74) is -0.856. The van der Waals surface area contributed by atoms with E-state index in [1.54, 1.807) is 0 Å². The molecule has 1 aliphatic heterocycles. The Hall–Kier alpha value is -1.44. The van der Waals surface area contributed by atoms with Gasteiger partial charge in [0.05, 0.1) is 24.5 Å². The van der Waals surface area contributed by atoms with Crippen LogP contribution >= 0.6 is 0 Å². The first-order valence-corrected chi connectivity index (χ1v) is 4.03. The lowest BCUT2D eigenvalue weighted by atomic mass is 10.0. The minimum Gasteiger partial charge on any atom is -0.501 e. The van der Waals surface area contributed by atoms with Gasteiger partial charge in [-0.2, -0.15) is 18.4 Å². The van der Waals surface area contributed by atoms with Crippen LogP contribution in [0.3, 0.4) is 0 Å². The number of ether oxygens (including phenoxy) is 1. The van der Waals surface area contributed by atoms with Crippen LogP contribution in [0.2, 0.25) is 0 Å². The van der Waals surface area contributed by atoms with Crippen LogP contribution in [0.4, 0.5) is 13.2 Å². The van der Waals surface area contributed by atoms with Gasteiger partial charge in [0, 0.05) is 6.08 Å². The molecule has 1 aliphatic rings. The quantitative estimate of drug-likeness (QED) is 0.614. The molecule has 0 aromatic heterocycles. The summed E-state index contributed by atoms with van der Waals surface area (Å²) in [5.74, 6) is 0. The van der Waals surface area contributed by atoms with E-state index < -0.39 is 11.7 Å². The van der Waals surface area contributed by atoms with E-state index in [1.807, 2.05) is 0 Å². The average Bonchev–Trinajstić information content (AvgIpc) is 2.14. The van der Waals surface area contributed by atoms with Crippen LogP contribution < -0.4 is 0 Å². The average molecular weight is 203 g/mol. The smallest absolute Gasteiger partial charge is 0.417 e. The van der Waals surface area contributed by atoms with Crippen molar-refractivity contribution in [2.45, 2.75) is 19.0 Å². The third-order valence-electron chi connectivity index (χ3n) is 1.79. The summed E-state index contributed by atoms with van der Waals surface area (Å²) < 4.78 is 41.9. The Labute approximate surface area is 79.3 Å². The molecule has 0 spiro atoms. The van der Waals surface area contributed by atoms with Gasteiger partial charge in [-0.15, -0.1) is 0 Å². The maximum Gasteiger partial charge on any atom is 0.417 e. The van der Waals surface area contributed by atoms with Crippen molar-refractivity contribution >= 4 is 0 Å². The maximum absolute atomic E-state index is 12.4. The summed E-state index contributed by atoms with van der Waals surface area (Å²) >= 11 is 0. The molecule has 1 heterocycles. The van der Waals surface area contributed by atoms with Crippen molar-refractivity contribution in [1.82, 2.24) is 0 Å². The van der Waals surface area contributed by atoms with Gasteiger partial charge in [0.15, 0.2) is 0 Å². The molecule has 0 N–H and O–H groups in total. The Kier molecular flexibility index (Phi) is 3.18. The summed E-state index contributed by atoms with van der Waals surface area (Å²) in [5, 5.41) is 8.24. The molecule has 0 amide bonds. The molecule has 0 unspecified atom stereocenters. The molecule has 76 valence electrons. The molecule has 0 aromatic rings. The second kappa shape index (κ2) is 4.18. The first-order valence-electron chi connectivity index (χ1n) is 4.03. The van der Waals surface area contributed by atoms with Gasteiger partial charge >= 0.3 is 6.18 Å². The topological polar surface area (TPSA) is 33.0 Å². The Bertz CT molecular complexity index is 309. The van der Waals surface area contributed by atoms with Gasteiger partial charge in [-0.3, -0.25) is 0 Å². The van der Waals surface area contributed by atoms with E-state index in [0.29, 0.717) is 25.5 Å². The van der Waals surface area contributed by atoms with Crippen LogP contribution in [0.5, 0.6) is 0 Å². The monoisotopic (exact) mass is 203 g/mol. The standard InChI is InChI=1S/C9H8F3NO/c10-9(11,12)8(3-4-13)7-2-1-5-14-6-7/h3,6H,1-2,5H2. The molecular weight excluding hydrogens is 195 g/mol. The minimum absolute atomic E-state index is 0.0466. The number of alkyl halides is 3. The van der Waals surface area contributed by atoms with E-state index in [9.17, 15) is 13.2 Å². The number of nitriles is 1. The summed E-state index contributed by atoms with van der Waals surface area (Å²) in [6.07, 6.45) is -2.04. The fraction of sp³-hybridized carbons (Fsp3) is 0.444. The second-order valence-electron chi connectivity index (χ2n) is 2.80. The highest BCUT2D eigenvalue weighted by Crippen LogP contribution is 2.34. The Balaban J connectivity index is 2.95. The number of rotatable bonds is 1. The molecule has 2 nitrogen and oxygen atoms in total. The van der Waals surface area contributed by atoms with Crippen molar-refractivity contribution in [1.29, 1.82) is 5.26 Å². The van der Waals surface area contributed by atoms with E-state index in [0.717, 1.165) is 6.26 Å². The zero-order valence-electron chi connectivity index (χ0n) is 7.27. The number of allylic oxidation sites excluding steroid dienone is 3.